The van der Waals surface area contributed by atoms with E-state index >= 15 is 0 Å². The zero-order valence-corrected chi connectivity index (χ0v) is 9.84. The molecular formula is C12H14N4O. The van der Waals surface area contributed by atoms with Gasteiger partial charge in [0.2, 0.25) is 0 Å². The fraction of sp³-hybridized carbons (Fsp3) is 0.250. The molecule has 0 saturated heterocycles. The number of hydrogen-bond donors (Lipinski definition) is 1. The van der Waals surface area contributed by atoms with Crippen LogP contribution in [-0.4, -0.2) is 34.6 Å². The molecule has 0 radical (unpaired) electrons. The Morgan fingerprint density at radius 2 is 2.18 bits per heavy atom. The number of hydrogen-bond acceptors (Lipinski definition) is 4. The second-order valence-electron chi connectivity index (χ2n) is 3.93. The van der Waals surface area contributed by atoms with Crippen molar-refractivity contribution in [3.63, 3.8) is 0 Å². The van der Waals surface area contributed by atoms with E-state index in [4.69, 9.17) is 0 Å². The van der Waals surface area contributed by atoms with Gasteiger partial charge in [0.1, 0.15) is 5.78 Å². The third-order valence-corrected chi connectivity index (χ3v) is 2.40. The molecule has 17 heavy (non-hydrogen) atoms. The molecular weight excluding hydrogens is 216 g/mol. The van der Waals surface area contributed by atoms with Crippen LogP contribution >= 0.6 is 0 Å². The standard InChI is InChI=1S/C12H14N4O/c1-9(17)8-16(2)12-4-3-11(14-15-12)10-5-6-13-7-10/h3-7,13H,8H2,1-2H3. The summed E-state index contributed by atoms with van der Waals surface area (Å²) < 4.78 is 0. The van der Waals surface area contributed by atoms with E-state index < -0.39 is 0 Å². The second-order valence-corrected chi connectivity index (χ2v) is 3.93. The van der Waals surface area contributed by atoms with E-state index in [1.165, 1.54) is 0 Å². The molecule has 0 amide bonds. The summed E-state index contributed by atoms with van der Waals surface area (Å²) in [5.41, 5.74) is 1.81. The van der Waals surface area contributed by atoms with Crippen LogP contribution in [0.2, 0.25) is 0 Å². The molecule has 0 aliphatic rings. The molecule has 0 saturated carbocycles. The van der Waals surface area contributed by atoms with Gasteiger partial charge in [0.15, 0.2) is 5.82 Å². The molecule has 0 unspecified atom stereocenters. The van der Waals surface area contributed by atoms with E-state index in [2.05, 4.69) is 15.2 Å². The number of ketones is 1. The minimum absolute atomic E-state index is 0.101. The Labute approximate surface area is 99.5 Å². The largest absolute Gasteiger partial charge is 0.367 e. The number of carbonyl (C=O) groups excluding carboxylic acids is 1. The average Bonchev–Trinajstić information content (AvgIpc) is 2.82. The summed E-state index contributed by atoms with van der Waals surface area (Å²) in [7, 11) is 1.82. The van der Waals surface area contributed by atoms with Crippen LogP contribution in [0.4, 0.5) is 5.82 Å². The Hall–Kier alpha value is -2.17. The Bertz CT molecular complexity index is 490. The number of carbonyl (C=O) groups is 1. The van der Waals surface area contributed by atoms with Crippen molar-refractivity contribution in [3.8, 4) is 11.3 Å². The maximum absolute atomic E-state index is 11.0. The predicted molar refractivity (Wildman–Crippen MR) is 65.8 cm³/mol. The maximum atomic E-state index is 11.0. The van der Waals surface area contributed by atoms with Crippen molar-refractivity contribution < 1.29 is 4.79 Å². The van der Waals surface area contributed by atoms with Crippen LogP contribution in [0.5, 0.6) is 0 Å². The van der Waals surface area contributed by atoms with Crippen molar-refractivity contribution in [1.29, 1.82) is 0 Å². The fourth-order valence-electron chi connectivity index (χ4n) is 1.58. The van der Waals surface area contributed by atoms with Crippen LogP contribution < -0.4 is 4.90 Å². The molecule has 5 nitrogen and oxygen atoms in total. The Balaban J connectivity index is 2.15. The monoisotopic (exact) mass is 230 g/mol. The molecule has 0 aliphatic heterocycles. The van der Waals surface area contributed by atoms with Crippen molar-refractivity contribution >= 4 is 11.6 Å². The fourth-order valence-corrected chi connectivity index (χ4v) is 1.58. The number of aromatic amines is 1. The highest BCUT2D eigenvalue weighted by Crippen LogP contribution is 2.16. The molecule has 0 fully saturated rings. The van der Waals surface area contributed by atoms with Crippen molar-refractivity contribution in [1.82, 2.24) is 15.2 Å². The summed E-state index contributed by atoms with van der Waals surface area (Å²) in [6.07, 6.45) is 3.70. The molecule has 0 aliphatic carbocycles. The maximum Gasteiger partial charge on any atom is 0.151 e. The van der Waals surface area contributed by atoms with Gasteiger partial charge in [-0.15, -0.1) is 10.2 Å². The van der Waals surface area contributed by atoms with Gasteiger partial charge >= 0.3 is 0 Å². The van der Waals surface area contributed by atoms with Crippen LogP contribution in [0.1, 0.15) is 6.92 Å². The van der Waals surface area contributed by atoms with Gasteiger partial charge in [-0.3, -0.25) is 4.79 Å². The summed E-state index contributed by atoms with van der Waals surface area (Å²) in [4.78, 5) is 15.7. The normalized spacial score (nSPS) is 10.2. The highest BCUT2D eigenvalue weighted by Gasteiger charge is 2.06. The lowest BCUT2D eigenvalue weighted by atomic mass is 10.2. The molecule has 2 heterocycles. The lowest BCUT2D eigenvalue weighted by Crippen LogP contribution is -2.24. The zero-order chi connectivity index (χ0) is 12.3. The van der Waals surface area contributed by atoms with Gasteiger partial charge in [-0.25, -0.2) is 0 Å². The third-order valence-electron chi connectivity index (χ3n) is 2.40. The Kier molecular flexibility index (Phi) is 3.18. The summed E-state index contributed by atoms with van der Waals surface area (Å²) in [5, 5.41) is 8.22. The van der Waals surface area contributed by atoms with E-state index in [9.17, 15) is 4.79 Å². The average molecular weight is 230 g/mol. The van der Waals surface area contributed by atoms with Crippen molar-refractivity contribution in [2.75, 3.05) is 18.5 Å². The van der Waals surface area contributed by atoms with Crippen LogP contribution in [0.15, 0.2) is 30.6 Å². The van der Waals surface area contributed by atoms with E-state index in [1.54, 1.807) is 11.8 Å². The highest BCUT2D eigenvalue weighted by molar-refractivity contribution is 5.80. The highest BCUT2D eigenvalue weighted by atomic mass is 16.1. The quantitative estimate of drug-likeness (QED) is 0.864. The Morgan fingerprint density at radius 3 is 2.71 bits per heavy atom. The summed E-state index contributed by atoms with van der Waals surface area (Å²) >= 11 is 0. The Morgan fingerprint density at radius 1 is 1.35 bits per heavy atom. The predicted octanol–water partition coefficient (Wildman–Crippen LogP) is 1.50. The van der Waals surface area contributed by atoms with E-state index in [0.717, 1.165) is 11.3 Å². The molecule has 2 rings (SSSR count). The van der Waals surface area contributed by atoms with E-state index in [0.29, 0.717) is 12.4 Å². The third kappa shape index (κ3) is 2.69. The first-order valence-corrected chi connectivity index (χ1v) is 5.34. The second kappa shape index (κ2) is 4.78. The van der Waals surface area contributed by atoms with Crippen molar-refractivity contribution in [2.45, 2.75) is 6.92 Å². The zero-order valence-electron chi connectivity index (χ0n) is 9.84. The van der Waals surface area contributed by atoms with Gasteiger partial charge in [-0.1, -0.05) is 0 Å². The summed E-state index contributed by atoms with van der Waals surface area (Å²) in [5.74, 6) is 0.795. The number of aromatic nitrogens is 3. The topological polar surface area (TPSA) is 61.9 Å². The van der Waals surface area contributed by atoms with Gasteiger partial charge in [0.05, 0.1) is 12.2 Å². The minimum Gasteiger partial charge on any atom is -0.367 e. The van der Waals surface area contributed by atoms with Crippen LogP contribution in [0.25, 0.3) is 11.3 Å². The lowest BCUT2D eigenvalue weighted by molar-refractivity contribution is -0.115. The molecule has 0 spiro atoms. The van der Waals surface area contributed by atoms with Gasteiger partial charge in [0.25, 0.3) is 0 Å². The SMILES string of the molecule is CC(=O)CN(C)c1ccc(-c2cc[nH]c2)nn1. The molecule has 88 valence electrons. The number of rotatable bonds is 4. The van der Waals surface area contributed by atoms with Gasteiger partial charge in [-0.05, 0) is 25.1 Å². The van der Waals surface area contributed by atoms with Crippen molar-refractivity contribution in [2.24, 2.45) is 0 Å². The molecule has 1 N–H and O–H groups in total. The molecule has 0 bridgehead atoms. The number of likely N-dealkylation sites (N-methyl/N-ethyl adjacent to an activating group) is 1. The number of nitrogens with zero attached hydrogens (tertiary/aromatic N) is 3. The first-order chi connectivity index (χ1) is 8.16. The smallest absolute Gasteiger partial charge is 0.151 e. The molecule has 5 heteroatoms. The molecule has 2 aromatic rings. The van der Waals surface area contributed by atoms with Gasteiger partial charge < -0.3 is 9.88 Å². The first-order valence-electron chi connectivity index (χ1n) is 5.34. The van der Waals surface area contributed by atoms with Crippen LogP contribution in [0, 0.1) is 0 Å². The lowest BCUT2D eigenvalue weighted by Gasteiger charge is -2.15. The van der Waals surface area contributed by atoms with Gasteiger partial charge in [-0.2, -0.15) is 0 Å². The minimum atomic E-state index is 0.101. The number of anilines is 1. The van der Waals surface area contributed by atoms with Crippen LogP contribution in [0.3, 0.4) is 0 Å². The summed E-state index contributed by atoms with van der Waals surface area (Å²) in [6.45, 7) is 1.90. The number of H-pyrrole nitrogens is 1. The molecule has 2 aromatic heterocycles. The van der Waals surface area contributed by atoms with Crippen LogP contribution in [-0.2, 0) is 4.79 Å². The van der Waals surface area contributed by atoms with E-state index in [1.807, 2.05) is 37.6 Å². The molecule has 0 aromatic carbocycles. The van der Waals surface area contributed by atoms with Gasteiger partial charge in [0, 0.05) is 25.0 Å². The first kappa shape index (κ1) is 11.3. The molecule has 0 atom stereocenters. The van der Waals surface area contributed by atoms with Crippen molar-refractivity contribution in [3.05, 3.63) is 30.6 Å². The summed E-state index contributed by atoms with van der Waals surface area (Å²) in [6, 6.07) is 5.68. The number of nitrogens with one attached hydrogen (secondary N) is 1. The number of Topliss-reactive ketones (excluding diaryl/α,β-unsaturated/α-hetero) is 1. The van der Waals surface area contributed by atoms with E-state index in [-0.39, 0.29) is 5.78 Å².